The summed E-state index contributed by atoms with van der Waals surface area (Å²) >= 11 is 4.85. The standard InChI is InChI=1S/C24H24BrN3O6S/c1-14(18-5-3-4-6-19(18)25)34-24(32)27-20-11-33-28-22(20)17-9-7-16(8-10-17)12-35-13-21(23(30)31)26-15(2)29/h3-11,14,21H,12-13H2,1-2H3,(H,26,29)(H,27,32)(H,30,31)/t14?,21-/m0/s1. The molecule has 1 unspecified atom stereocenters. The molecule has 3 aromatic rings. The normalized spacial score (nSPS) is 12.4. The fourth-order valence-electron chi connectivity index (χ4n) is 3.18. The Labute approximate surface area is 214 Å². The van der Waals surface area contributed by atoms with Gasteiger partial charge in [-0.15, -0.1) is 0 Å². The molecule has 0 spiro atoms. The maximum absolute atomic E-state index is 12.4. The van der Waals surface area contributed by atoms with E-state index in [4.69, 9.17) is 9.26 Å². The summed E-state index contributed by atoms with van der Waals surface area (Å²) in [6.07, 6.45) is 0.215. The second-order valence-corrected chi connectivity index (χ2v) is 9.46. The number of nitrogens with zero attached hydrogens (tertiary/aromatic N) is 1. The SMILES string of the molecule is CC(=O)N[C@@H](CSCc1ccc(-c2nocc2NC(=O)OC(C)c2ccccc2Br)cc1)C(=O)O. The molecule has 0 radical (unpaired) electrons. The molecule has 9 nitrogen and oxygen atoms in total. The first-order valence-electron chi connectivity index (χ1n) is 10.6. The molecule has 0 aliphatic rings. The molecule has 0 saturated carbocycles. The Morgan fingerprint density at radius 3 is 2.54 bits per heavy atom. The van der Waals surface area contributed by atoms with Crippen LogP contribution in [0.1, 0.15) is 31.1 Å². The zero-order chi connectivity index (χ0) is 25.4. The molecule has 1 aromatic heterocycles. The van der Waals surface area contributed by atoms with Crippen LogP contribution < -0.4 is 10.6 Å². The van der Waals surface area contributed by atoms with E-state index in [0.29, 0.717) is 17.1 Å². The molecular weight excluding hydrogens is 538 g/mol. The summed E-state index contributed by atoms with van der Waals surface area (Å²) in [6, 6.07) is 14.0. The molecule has 0 bridgehead atoms. The van der Waals surface area contributed by atoms with Gasteiger partial charge in [-0.25, -0.2) is 9.59 Å². The van der Waals surface area contributed by atoms with Gasteiger partial charge in [0.05, 0.1) is 0 Å². The molecule has 184 valence electrons. The fraction of sp³-hybridized carbons (Fsp3) is 0.250. The third kappa shape index (κ3) is 7.59. The van der Waals surface area contributed by atoms with Crippen molar-refractivity contribution in [3.05, 3.63) is 70.4 Å². The Morgan fingerprint density at radius 1 is 1.17 bits per heavy atom. The van der Waals surface area contributed by atoms with Crippen LogP contribution in [0.4, 0.5) is 10.5 Å². The number of halogens is 1. The van der Waals surface area contributed by atoms with Gasteiger partial charge in [0.1, 0.15) is 29.8 Å². The van der Waals surface area contributed by atoms with E-state index in [1.54, 1.807) is 6.92 Å². The summed E-state index contributed by atoms with van der Waals surface area (Å²) in [5, 5.41) is 18.3. The second-order valence-electron chi connectivity index (χ2n) is 7.57. The van der Waals surface area contributed by atoms with Crippen molar-refractivity contribution in [3.8, 4) is 11.3 Å². The number of carbonyl (C=O) groups is 3. The maximum atomic E-state index is 12.4. The van der Waals surface area contributed by atoms with Gasteiger partial charge in [-0.05, 0) is 18.6 Å². The van der Waals surface area contributed by atoms with Crippen LogP contribution >= 0.6 is 27.7 Å². The van der Waals surface area contributed by atoms with E-state index >= 15 is 0 Å². The summed E-state index contributed by atoms with van der Waals surface area (Å²) in [6.45, 7) is 3.06. The number of amides is 2. The smallest absolute Gasteiger partial charge is 0.412 e. The number of carboxylic acids is 1. The molecule has 0 saturated heterocycles. The van der Waals surface area contributed by atoms with Crippen LogP contribution in [0.25, 0.3) is 11.3 Å². The van der Waals surface area contributed by atoms with Crippen molar-refractivity contribution in [2.75, 3.05) is 11.1 Å². The second kappa shape index (κ2) is 12.4. The monoisotopic (exact) mass is 561 g/mol. The minimum atomic E-state index is -1.07. The number of nitrogens with one attached hydrogen (secondary N) is 2. The van der Waals surface area contributed by atoms with Crippen molar-refractivity contribution in [3.63, 3.8) is 0 Å². The van der Waals surface area contributed by atoms with Crippen molar-refractivity contribution < 1.29 is 28.8 Å². The number of anilines is 1. The van der Waals surface area contributed by atoms with Crippen LogP contribution in [0.3, 0.4) is 0 Å². The number of carboxylic acid groups (broad SMARTS) is 1. The van der Waals surface area contributed by atoms with Crippen LogP contribution in [0, 0.1) is 0 Å². The molecule has 2 amide bonds. The van der Waals surface area contributed by atoms with Crippen LogP contribution in [-0.2, 0) is 20.1 Å². The van der Waals surface area contributed by atoms with E-state index in [1.807, 2.05) is 48.5 Å². The molecule has 2 aromatic carbocycles. The quantitative estimate of drug-likeness (QED) is 0.306. The summed E-state index contributed by atoms with van der Waals surface area (Å²) in [5.74, 6) is -0.648. The zero-order valence-corrected chi connectivity index (χ0v) is 21.4. The number of hydrogen-bond acceptors (Lipinski definition) is 7. The Morgan fingerprint density at radius 2 is 1.89 bits per heavy atom. The van der Waals surface area contributed by atoms with E-state index in [0.717, 1.165) is 21.2 Å². The van der Waals surface area contributed by atoms with Crippen LogP contribution in [0.2, 0.25) is 0 Å². The van der Waals surface area contributed by atoms with Gasteiger partial charge in [-0.3, -0.25) is 10.1 Å². The van der Waals surface area contributed by atoms with Gasteiger partial charge in [0, 0.05) is 34.0 Å². The minimum Gasteiger partial charge on any atom is -0.480 e. The fourth-order valence-corrected chi connectivity index (χ4v) is 4.79. The van der Waals surface area contributed by atoms with E-state index in [9.17, 15) is 19.5 Å². The minimum absolute atomic E-state index is 0.244. The number of rotatable bonds is 10. The highest BCUT2D eigenvalue weighted by molar-refractivity contribution is 9.10. The van der Waals surface area contributed by atoms with Crippen molar-refractivity contribution in [1.82, 2.24) is 10.5 Å². The molecule has 35 heavy (non-hydrogen) atoms. The Kier molecular flexibility index (Phi) is 9.32. The van der Waals surface area contributed by atoms with Crippen molar-refractivity contribution in [2.45, 2.75) is 31.7 Å². The van der Waals surface area contributed by atoms with E-state index in [1.165, 1.54) is 24.9 Å². The van der Waals surface area contributed by atoms with Gasteiger partial charge in [0.25, 0.3) is 0 Å². The Bertz CT molecular complexity index is 1180. The van der Waals surface area contributed by atoms with Crippen molar-refractivity contribution >= 4 is 51.3 Å². The molecule has 1 heterocycles. The Hall–Kier alpha value is -3.31. The van der Waals surface area contributed by atoms with Gasteiger partial charge in [-0.1, -0.05) is 63.6 Å². The molecule has 3 rings (SSSR count). The van der Waals surface area contributed by atoms with Gasteiger partial charge in [0.2, 0.25) is 5.91 Å². The average molecular weight is 562 g/mol. The number of ether oxygens (including phenoxy) is 1. The van der Waals surface area contributed by atoms with E-state index < -0.39 is 24.2 Å². The van der Waals surface area contributed by atoms with Crippen LogP contribution in [0.5, 0.6) is 0 Å². The predicted octanol–water partition coefficient (Wildman–Crippen LogP) is 5.24. The number of benzene rings is 2. The zero-order valence-electron chi connectivity index (χ0n) is 19.0. The van der Waals surface area contributed by atoms with Crippen molar-refractivity contribution in [2.24, 2.45) is 0 Å². The third-order valence-electron chi connectivity index (χ3n) is 4.89. The van der Waals surface area contributed by atoms with Gasteiger partial charge < -0.3 is 19.7 Å². The number of aromatic nitrogens is 1. The first-order valence-corrected chi connectivity index (χ1v) is 12.5. The Balaban J connectivity index is 1.57. The largest absolute Gasteiger partial charge is 0.480 e. The molecule has 0 fully saturated rings. The van der Waals surface area contributed by atoms with E-state index in [-0.39, 0.29) is 11.7 Å². The molecule has 0 aliphatic heterocycles. The highest BCUT2D eigenvalue weighted by Gasteiger charge is 2.19. The molecule has 2 atom stereocenters. The molecule has 3 N–H and O–H groups in total. The highest BCUT2D eigenvalue weighted by Crippen LogP contribution is 2.29. The lowest BCUT2D eigenvalue weighted by Gasteiger charge is -2.15. The number of aliphatic carboxylic acids is 1. The third-order valence-corrected chi connectivity index (χ3v) is 6.72. The predicted molar refractivity (Wildman–Crippen MR) is 136 cm³/mol. The van der Waals surface area contributed by atoms with Gasteiger partial charge >= 0.3 is 12.1 Å². The lowest BCUT2D eigenvalue weighted by molar-refractivity contribution is -0.140. The number of carbonyl (C=O) groups excluding carboxylic acids is 2. The lowest BCUT2D eigenvalue weighted by atomic mass is 10.1. The first-order chi connectivity index (χ1) is 16.7. The first kappa shape index (κ1) is 26.3. The maximum Gasteiger partial charge on any atom is 0.412 e. The highest BCUT2D eigenvalue weighted by atomic mass is 79.9. The van der Waals surface area contributed by atoms with Crippen molar-refractivity contribution in [1.29, 1.82) is 0 Å². The van der Waals surface area contributed by atoms with Gasteiger partial charge in [-0.2, -0.15) is 11.8 Å². The van der Waals surface area contributed by atoms with E-state index in [2.05, 4.69) is 31.7 Å². The number of thioether (sulfide) groups is 1. The molecule has 0 aliphatic carbocycles. The molecular formula is C24H24BrN3O6S. The summed E-state index contributed by atoms with van der Waals surface area (Å²) in [5.41, 5.74) is 3.35. The van der Waals surface area contributed by atoms with Crippen LogP contribution in [-0.4, -0.2) is 40.0 Å². The number of hydrogen-bond donors (Lipinski definition) is 3. The molecule has 11 heteroatoms. The van der Waals surface area contributed by atoms with Crippen LogP contribution in [0.15, 0.2) is 63.8 Å². The topological polar surface area (TPSA) is 131 Å². The summed E-state index contributed by atoms with van der Waals surface area (Å²) in [7, 11) is 0. The lowest BCUT2D eigenvalue weighted by Crippen LogP contribution is -2.41. The summed E-state index contributed by atoms with van der Waals surface area (Å²) in [4.78, 5) is 34.8. The van der Waals surface area contributed by atoms with Gasteiger partial charge in [0.15, 0.2) is 0 Å². The average Bonchev–Trinajstić information content (AvgIpc) is 3.26. The summed E-state index contributed by atoms with van der Waals surface area (Å²) < 4.78 is 11.4.